The van der Waals surface area contributed by atoms with Gasteiger partial charge in [0.25, 0.3) is 11.8 Å². The molecule has 0 aliphatic heterocycles. The number of amides is 3. The topological polar surface area (TPSA) is 96.5 Å². The molecule has 44 heavy (non-hydrogen) atoms. The molecule has 7 nitrogen and oxygen atoms in total. The lowest BCUT2D eigenvalue weighted by atomic mass is 10.1. The van der Waals surface area contributed by atoms with E-state index in [1.165, 1.54) is 20.1 Å². The second-order valence-electron chi connectivity index (χ2n) is 9.23. The zero-order valence-corrected chi connectivity index (χ0v) is 24.1. The minimum Gasteiger partial charge on any atom is -0.497 e. The van der Waals surface area contributed by atoms with E-state index in [-0.39, 0.29) is 11.8 Å². The predicted molar refractivity (Wildman–Crippen MR) is 160 cm³/mol. The van der Waals surface area contributed by atoms with Crippen LogP contribution in [0.1, 0.15) is 22.8 Å². The minimum absolute atomic E-state index is 0.0446. The van der Waals surface area contributed by atoms with Crippen molar-refractivity contribution in [3.05, 3.63) is 125 Å². The van der Waals surface area contributed by atoms with Gasteiger partial charge in [0.05, 0.1) is 12.4 Å². The van der Waals surface area contributed by atoms with Crippen LogP contribution in [-0.4, -0.2) is 30.1 Å². The van der Waals surface area contributed by atoms with Crippen LogP contribution in [0.25, 0.3) is 6.08 Å². The maximum atomic E-state index is 14.0. The zero-order valence-electron chi connectivity index (χ0n) is 23.3. The Labute approximate surface area is 254 Å². The molecule has 0 saturated carbocycles. The lowest BCUT2D eigenvalue weighted by Crippen LogP contribution is -2.30. The number of nitrogens with one attached hydrogen (secondary N) is 3. The van der Waals surface area contributed by atoms with E-state index in [9.17, 15) is 31.9 Å². The Balaban J connectivity index is 1.50. The van der Waals surface area contributed by atoms with Gasteiger partial charge < -0.3 is 20.7 Å². The second kappa shape index (κ2) is 14.4. The molecule has 0 aliphatic carbocycles. The highest BCUT2D eigenvalue weighted by Gasteiger charge is 2.24. The van der Waals surface area contributed by atoms with Gasteiger partial charge in [-0.1, -0.05) is 36.4 Å². The van der Waals surface area contributed by atoms with Crippen molar-refractivity contribution < 1.29 is 36.7 Å². The molecule has 226 valence electrons. The molecule has 4 aromatic carbocycles. The summed E-state index contributed by atoms with van der Waals surface area (Å²) in [5.41, 5.74) is -0.0192. The number of halogens is 4. The predicted octanol–water partition coefficient (Wildman–Crippen LogP) is 6.78. The Kier molecular flexibility index (Phi) is 10.4. The Morgan fingerprint density at radius 3 is 2.11 bits per heavy atom. The van der Waals surface area contributed by atoms with Crippen molar-refractivity contribution in [3.8, 4) is 5.75 Å². The van der Waals surface area contributed by atoms with Gasteiger partial charge in [0.1, 0.15) is 17.1 Å². The number of hydrogen-bond donors (Lipinski definition) is 3. The van der Waals surface area contributed by atoms with Crippen LogP contribution < -0.4 is 20.7 Å². The average Bonchev–Trinajstić information content (AvgIpc) is 3.02. The summed E-state index contributed by atoms with van der Waals surface area (Å²) in [6, 6.07) is 21.5. The van der Waals surface area contributed by atoms with E-state index in [0.29, 0.717) is 27.5 Å². The van der Waals surface area contributed by atoms with E-state index in [4.69, 9.17) is 4.74 Å². The van der Waals surface area contributed by atoms with Crippen LogP contribution in [0, 0.1) is 23.3 Å². The van der Waals surface area contributed by atoms with Gasteiger partial charge in [-0.3, -0.25) is 14.4 Å². The molecule has 0 fully saturated rings. The Morgan fingerprint density at radius 2 is 1.48 bits per heavy atom. The third-order valence-electron chi connectivity index (χ3n) is 6.09. The summed E-state index contributed by atoms with van der Waals surface area (Å²) >= 11 is 0.963. The van der Waals surface area contributed by atoms with Crippen molar-refractivity contribution in [1.82, 2.24) is 5.32 Å². The summed E-state index contributed by atoms with van der Waals surface area (Å²) in [5.74, 6) is -8.20. The highest BCUT2D eigenvalue weighted by atomic mass is 32.2. The largest absolute Gasteiger partial charge is 0.497 e. The molecule has 0 spiro atoms. The molecular weight excluding hydrogens is 598 g/mol. The molecule has 0 radical (unpaired) electrons. The van der Waals surface area contributed by atoms with Crippen molar-refractivity contribution in [2.24, 2.45) is 0 Å². The standard InChI is InChI=1S/C32H25F4N3O4S/c1-18(30(40)39-29-27(35)24(33)17-25(34)28(29)36)44-23-10-6-9-21(16-23)37-32(42)26(15-19-11-13-22(43-2)14-12-19)38-31(41)20-7-4-3-5-8-20/h3-18H,1-2H3,(H,37,42)(H,38,41)(H,39,40)/b26-15+. The average molecular weight is 624 g/mol. The normalized spacial score (nSPS) is 11.8. The first-order chi connectivity index (χ1) is 21.0. The zero-order chi connectivity index (χ0) is 31.8. The Bertz CT molecular complexity index is 1690. The lowest BCUT2D eigenvalue weighted by Gasteiger charge is -2.15. The van der Waals surface area contributed by atoms with Crippen molar-refractivity contribution in [1.29, 1.82) is 0 Å². The van der Waals surface area contributed by atoms with Crippen molar-refractivity contribution >= 4 is 46.9 Å². The summed E-state index contributed by atoms with van der Waals surface area (Å²) in [4.78, 5) is 39.3. The molecule has 3 N–H and O–H groups in total. The third-order valence-corrected chi connectivity index (χ3v) is 7.18. The van der Waals surface area contributed by atoms with Gasteiger partial charge >= 0.3 is 0 Å². The summed E-state index contributed by atoms with van der Waals surface area (Å²) in [5, 5.41) is 6.27. The quantitative estimate of drug-likeness (QED) is 0.0784. The van der Waals surface area contributed by atoms with Gasteiger partial charge in [-0.05, 0) is 61.0 Å². The van der Waals surface area contributed by atoms with Gasteiger partial charge in [0, 0.05) is 22.2 Å². The van der Waals surface area contributed by atoms with E-state index < -0.39 is 51.9 Å². The van der Waals surface area contributed by atoms with Gasteiger partial charge in [-0.2, -0.15) is 0 Å². The highest BCUT2D eigenvalue weighted by Crippen LogP contribution is 2.29. The van der Waals surface area contributed by atoms with Crippen LogP contribution in [0.3, 0.4) is 0 Å². The number of ether oxygens (including phenoxy) is 1. The van der Waals surface area contributed by atoms with Crippen LogP contribution in [-0.2, 0) is 9.59 Å². The molecule has 0 saturated heterocycles. The van der Waals surface area contributed by atoms with E-state index in [0.717, 1.165) is 11.8 Å². The van der Waals surface area contributed by atoms with Crippen molar-refractivity contribution in [3.63, 3.8) is 0 Å². The molecule has 12 heteroatoms. The summed E-state index contributed by atoms with van der Waals surface area (Å²) in [7, 11) is 1.52. The molecule has 0 aliphatic rings. The number of benzene rings is 4. The molecule has 4 aromatic rings. The van der Waals surface area contributed by atoms with Crippen LogP contribution >= 0.6 is 11.8 Å². The fourth-order valence-electron chi connectivity index (χ4n) is 3.82. The third kappa shape index (κ3) is 8.04. The maximum Gasteiger partial charge on any atom is 0.272 e. The molecule has 3 amide bonds. The number of thioether (sulfide) groups is 1. The summed E-state index contributed by atoms with van der Waals surface area (Å²) < 4.78 is 60.2. The maximum absolute atomic E-state index is 14.0. The molecule has 0 bridgehead atoms. The first-order valence-corrected chi connectivity index (χ1v) is 13.9. The van der Waals surface area contributed by atoms with E-state index in [1.807, 2.05) is 5.32 Å². The molecular formula is C32H25F4N3O4S. The molecule has 4 rings (SSSR count). The fraction of sp³-hybridized carbons (Fsp3) is 0.0938. The number of hydrogen-bond acceptors (Lipinski definition) is 5. The fourth-order valence-corrected chi connectivity index (χ4v) is 4.75. The summed E-state index contributed by atoms with van der Waals surface area (Å²) in [6.07, 6.45) is 1.49. The van der Waals surface area contributed by atoms with Crippen LogP contribution in [0.4, 0.5) is 28.9 Å². The van der Waals surface area contributed by atoms with Crippen LogP contribution in [0.2, 0.25) is 0 Å². The second-order valence-corrected chi connectivity index (χ2v) is 10.6. The first-order valence-electron chi connectivity index (χ1n) is 13.0. The van der Waals surface area contributed by atoms with Crippen molar-refractivity contribution in [2.45, 2.75) is 17.1 Å². The number of carbonyl (C=O) groups excluding carboxylic acids is 3. The Hall–Kier alpha value is -5.10. The number of carbonyl (C=O) groups is 3. The van der Waals surface area contributed by atoms with E-state index >= 15 is 0 Å². The number of methoxy groups -OCH3 is 1. The SMILES string of the molecule is COc1ccc(/C=C(/NC(=O)c2ccccc2)C(=O)Nc2cccc(SC(C)C(=O)Nc3c(F)c(F)cc(F)c3F)c2)cc1. The highest BCUT2D eigenvalue weighted by molar-refractivity contribution is 8.00. The molecule has 1 unspecified atom stereocenters. The van der Waals surface area contributed by atoms with Crippen molar-refractivity contribution in [2.75, 3.05) is 17.7 Å². The minimum atomic E-state index is -1.72. The molecule has 0 aromatic heterocycles. The van der Waals surface area contributed by atoms with E-state index in [1.54, 1.807) is 78.9 Å². The van der Waals surface area contributed by atoms with Gasteiger partial charge in [0.15, 0.2) is 23.3 Å². The van der Waals surface area contributed by atoms with Crippen LogP contribution in [0.15, 0.2) is 95.5 Å². The van der Waals surface area contributed by atoms with Gasteiger partial charge in [-0.15, -0.1) is 11.8 Å². The van der Waals surface area contributed by atoms with Gasteiger partial charge in [0.2, 0.25) is 5.91 Å². The van der Waals surface area contributed by atoms with Gasteiger partial charge in [-0.25, -0.2) is 17.6 Å². The number of rotatable bonds is 10. The lowest BCUT2D eigenvalue weighted by molar-refractivity contribution is -0.115. The van der Waals surface area contributed by atoms with E-state index in [2.05, 4.69) is 10.6 Å². The molecule has 1 atom stereocenters. The monoisotopic (exact) mass is 623 g/mol. The number of anilines is 2. The smallest absolute Gasteiger partial charge is 0.272 e. The molecule has 0 heterocycles. The van der Waals surface area contributed by atoms with Crippen LogP contribution in [0.5, 0.6) is 5.75 Å². The first kappa shape index (κ1) is 31.8. The summed E-state index contributed by atoms with van der Waals surface area (Å²) in [6.45, 7) is 1.42. The Morgan fingerprint density at radius 1 is 0.818 bits per heavy atom.